The zero-order valence-electron chi connectivity index (χ0n) is 13.3. The molecule has 4 rings (SSSR count). The smallest absolute Gasteiger partial charge is 0.0949 e. The van der Waals surface area contributed by atoms with E-state index in [0.29, 0.717) is 0 Å². The van der Waals surface area contributed by atoms with E-state index >= 15 is 0 Å². The van der Waals surface area contributed by atoms with E-state index in [9.17, 15) is 5.11 Å². The average molecular weight is 307 g/mol. The van der Waals surface area contributed by atoms with Gasteiger partial charge in [-0.15, -0.1) is 0 Å². The van der Waals surface area contributed by atoms with Crippen LogP contribution in [0.25, 0.3) is 10.8 Å². The van der Waals surface area contributed by atoms with Crippen LogP contribution >= 0.6 is 0 Å². The average Bonchev–Trinajstić information content (AvgIpc) is 2.95. The first-order valence-electron chi connectivity index (χ1n) is 8.07. The predicted octanol–water partition coefficient (Wildman–Crippen LogP) is 2.49. The highest BCUT2D eigenvalue weighted by Gasteiger charge is 2.28. The number of aliphatic hydroxyl groups is 1. The molecule has 0 saturated heterocycles. The second-order valence-corrected chi connectivity index (χ2v) is 6.33. The summed E-state index contributed by atoms with van der Waals surface area (Å²) >= 11 is 0. The maximum Gasteiger partial charge on any atom is 0.0949 e. The number of rotatable bonds is 3. The number of aryl methyl sites for hydroxylation is 1. The summed E-state index contributed by atoms with van der Waals surface area (Å²) < 4.78 is 2.08. The summed E-state index contributed by atoms with van der Waals surface area (Å²) in [5.74, 6) is 0. The van der Waals surface area contributed by atoms with Gasteiger partial charge in [0.25, 0.3) is 0 Å². The molecule has 4 heteroatoms. The SMILES string of the molecule is Cn1cnc2c1C[C@@H](CO)N(Cc1cccc3ccccc13)C2. The Balaban J connectivity index is 1.67. The summed E-state index contributed by atoms with van der Waals surface area (Å²) in [5.41, 5.74) is 3.69. The summed E-state index contributed by atoms with van der Waals surface area (Å²) in [4.78, 5) is 6.86. The summed E-state index contributed by atoms with van der Waals surface area (Å²) in [6.07, 6.45) is 2.73. The molecule has 1 N–H and O–H groups in total. The molecule has 0 bridgehead atoms. The third-order valence-corrected chi connectivity index (χ3v) is 4.91. The van der Waals surface area contributed by atoms with Crippen LogP contribution in [0.1, 0.15) is 17.0 Å². The van der Waals surface area contributed by atoms with Gasteiger partial charge in [-0.2, -0.15) is 0 Å². The molecule has 0 saturated carbocycles. The second-order valence-electron chi connectivity index (χ2n) is 6.33. The van der Waals surface area contributed by atoms with Crippen molar-refractivity contribution in [2.75, 3.05) is 6.61 Å². The number of benzene rings is 2. The first kappa shape index (κ1) is 14.4. The van der Waals surface area contributed by atoms with E-state index in [2.05, 4.69) is 56.9 Å². The van der Waals surface area contributed by atoms with Gasteiger partial charge in [0.2, 0.25) is 0 Å². The number of imidazole rings is 1. The van der Waals surface area contributed by atoms with Gasteiger partial charge in [0, 0.05) is 38.3 Å². The van der Waals surface area contributed by atoms with Gasteiger partial charge in [-0.1, -0.05) is 42.5 Å². The predicted molar refractivity (Wildman–Crippen MR) is 91.0 cm³/mol. The molecule has 1 atom stereocenters. The molecular weight excluding hydrogens is 286 g/mol. The van der Waals surface area contributed by atoms with Crippen molar-refractivity contribution in [3.63, 3.8) is 0 Å². The van der Waals surface area contributed by atoms with E-state index in [1.54, 1.807) is 0 Å². The van der Waals surface area contributed by atoms with Crippen molar-refractivity contribution in [1.82, 2.24) is 14.5 Å². The Morgan fingerprint density at radius 2 is 2.00 bits per heavy atom. The molecule has 0 fully saturated rings. The molecule has 118 valence electrons. The molecule has 0 aliphatic carbocycles. The second kappa shape index (κ2) is 5.80. The lowest BCUT2D eigenvalue weighted by Crippen LogP contribution is -2.42. The lowest BCUT2D eigenvalue weighted by molar-refractivity contribution is 0.0971. The molecule has 23 heavy (non-hydrogen) atoms. The van der Waals surface area contributed by atoms with Gasteiger partial charge in [0.15, 0.2) is 0 Å². The van der Waals surface area contributed by atoms with Gasteiger partial charge in [0.05, 0.1) is 18.6 Å². The number of nitrogens with zero attached hydrogens (tertiary/aromatic N) is 3. The summed E-state index contributed by atoms with van der Waals surface area (Å²) in [5, 5.41) is 12.4. The Labute approximate surface area is 136 Å². The minimum atomic E-state index is 0.150. The van der Waals surface area contributed by atoms with Crippen LogP contribution in [0.4, 0.5) is 0 Å². The molecule has 0 spiro atoms. The Bertz CT molecular complexity index is 834. The topological polar surface area (TPSA) is 41.3 Å². The molecule has 1 aliphatic rings. The monoisotopic (exact) mass is 307 g/mol. The fraction of sp³-hybridized carbons (Fsp3) is 0.316. The van der Waals surface area contributed by atoms with Crippen LogP contribution < -0.4 is 0 Å². The van der Waals surface area contributed by atoms with E-state index in [1.807, 2.05) is 13.4 Å². The summed E-state index contributed by atoms with van der Waals surface area (Å²) in [6, 6.07) is 15.1. The maximum atomic E-state index is 9.84. The molecule has 4 nitrogen and oxygen atoms in total. The van der Waals surface area contributed by atoms with Crippen molar-refractivity contribution in [1.29, 1.82) is 0 Å². The Kier molecular flexibility index (Phi) is 3.63. The van der Waals surface area contributed by atoms with Gasteiger partial charge in [-0.3, -0.25) is 4.90 Å². The van der Waals surface area contributed by atoms with Crippen LogP contribution in [0.15, 0.2) is 48.8 Å². The van der Waals surface area contributed by atoms with Crippen LogP contribution in [0.5, 0.6) is 0 Å². The Hall–Kier alpha value is -2.17. The van der Waals surface area contributed by atoms with E-state index < -0.39 is 0 Å². The van der Waals surface area contributed by atoms with Crippen LogP contribution in [0.3, 0.4) is 0 Å². The van der Waals surface area contributed by atoms with E-state index in [0.717, 1.165) is 25.2 Å². The quantitative estimate of drug-likeness (QED) is 0.808. The molecule has 2 heterocycles. The highest BCUT2D eigenvalue weighted by atomic mass is 16.3. The van der Waals surface area contributed by atoms with Gasteiger partial charge < -0.3 is 9.67 Å². The third kappa shape index (κ3) is 2.54. The molecule has 0 unspecified atom stereocenters. The number of hydrogen-bond acceptors (Lipinski definition) is 3. The van der Waals surface area contributed by atoms with Crippen molar-refractivity contribution >= 4 is 10.8 Å². The molecule has 1 aliphatic heterocycles. The normalized spacial score (nSPS) is 18.3. The van der Waals surface area contributed by atoms with Crippen LogP contribution in [0, 0.1) is 0 Å². The molecule has 2 aromatic carbocycles. The maximum absolute atomic E-state index is 9.84. The lowest BCUT2D eigenvalue weighted by Gasteiger charge is -2.34. The van der Waals surface area contributed by atoms with Crippen molar-refractivity contribution < 1.29 is 5.11 Å². The van der Waals surface area contributed by atoms with Crippen molar-refractivity contribution in [3.05, 3.63) is 65.7 Å². The Morgan fingerprint density at radius 1 is 1.17 bits per heavy atom. The zero-order chi connectivity index (χ0) is 15.8. The fourth-order valence-electron chi connectivity index (χ4n) is 3.59. The highest BCUT2D eigenvalue weighted by Crippen LogP contribution is 2.26. The number of hydrogen-bond donors (Lipinski definition) is 1. The van der Waals surface area contributed by atoms with E-state index in [4.69, 9.17) is 0 Å². The van der Waals surface area contributed by atoms with Gasteiger partial charge in [-0.05, 0) is 16.3 Å². The zero-order valence-corrected chi connectivity index (χ0v) is 13.3. The standard InChI is InChI=1S/C19H21N3O/c1-21-13-20-18-11-22(16(12-23)9-19(18)21)10-15-7-4-6-14-5-2-3-8-17(14)15/h2-8,13,16,23H,9-12H2,1H3/t16-/m0/s1. The molecule has 3 aromatic rings. The van der Waals surface area contributed by atoms with E-state index in [1.165, 1.54) is 22.0 Å². The largest absolute Gasteiger partial charge is 0.395 e. The van der Waals surface area contributed by atoms with Crippen molar-refractivity contribution in [2.45, 2.75) is 25.6 Å². The van der Waals surface area contributed by atoms with Crippen LogP contribution in [-0.4, -0.2) is 32.2 Å². The Morgan fingerprint density at radius 3 is 2.87 bits per heavy atom. The first-order chi connectivity index (χ1) is 11.3. The highest BCUT2D eigenvalue weighted by molar-refractivity contribution is 5.85. The third-order valence-electron chi connectivity index (χ3n) is 4.91. The van der Waals surface area contributed by atoms with Crippen molar-refractivity contribution in [3.8, 4) is 0 Å². The van der Waals surface area contributed by atoms with Gasteiger partial charge >= 0.3 is 0 Å². The fourth-order valence-corrected chi connectivity index (χ4v) is 3.59. The summed E-state index contributed by atoms with van der Waals surface area (Å²) in [7, 11) is 2.03. The first-order valence-corrected chi connectivity index (χ1v) is 8.07. The molecular formula is C19H21N3O. The van der Waals surface area contributed by atoms with E-state index in [-0.39, 0.29) is 12.6 Å². The molecule has 0 amide bonds. The number of aliphatic hydroxyl groups excluding tert-OH is 1. The minimum absolute atomic E-state index is 0.150. The molecule has 1 aromatic heterocycles. The lowest BCUT2D eigenvalue weighted by atomic mass is 9.99. The van der Waals surface area contributed by atoms with Crippen LogP contribution in [0.2, 0.25) is 0 Å². The number of fused-ring (bicyclic) bond motifs is 2. The van der Waals surface area contributed by atoms with Gasteiger partial charge in [0.1, 0.15) is 0 Å². The number of aromatic nitrogens is 2. The minimum Gasteiger partial charge on any atom is -0.395 e. The van der Waals surface area contributed by atoms with Crippen molar-refractivity contribution in [2.24, 2.45) is 7.05 Å². The molecule has 0 radical (unpaired) electrons. The van der Waals surface area contributed by atoms with Gasteiger partial charge in [-0.25, -0.2) is 4.98 Å². The van der Waals surface area contributed by atoms with Crippen LogP contribution in [-0.2, 0) is 26.6 Å². The summed E-state index contributed by atoms with van der Waals surface area (Å²) in [6.45, 7) is 1.81.